The number of benzene rings is 2. The van der Waals surface area contributed by atoms with Crippen LogP contribution in [0.4, 0.5) is 0 Å². The third-order valence-electron chi connectivity index (χ3n) is 5.19. The Labute approximate surface area is 198 Å². The van der Waals surface area contributed by atoms with Crippen LogP contribution < -0.4 is 24.3 Å². The maximum atomic E-state index is 13.5. The van der Waals surface area contributed by atoms with Gasteiger partial charge in [0.25, 0.3) is 5.91 Å². The van der Waals surface area contributed by atoms with Gasteiger partial charge < -0.3 is 24.3 Å². The number of carbonyl (C=O) groups excluding carboxylic acids is 1. The van der Waals surface area contributed by atoms with E-state index < -0.39 is 21.0 Å². The molecular weight excluding hydrogens is 460 g/mol. The molecule has 2 aromatic carbocycles. The normalized spacial score (nSPS) is 11.9. The van der Waals surface area contributed by atoms with Crippen LogP contribution in [0, 0.1) is 0 Å². The van der Waals surface area contributed by atoms with E-state index in [1.165, 1.54) is 58.9 Å². The van der Waals surface area contributed by atoms with Crippen LogP contribution >= 0.6 is 0 Å². The summed E-state index contributed by atoms with van der Waals surface area (Å²) in [7, 11) is 1.98. The van der Waals surface area contributed by atoms with Crippen molar-refractivity contribution in [3.05, 3.63) is 72.1 Å². The van der Waals surface area contributed by atoms with Gasteiger partial charge in [0, 0.05) is 24.5 Å². The molecule has 1 N–H and O–H groups in total. The number of sulfone groups is 1. The molecule has 3 aromatic rings. The van der Waals surface area contributed by atoms with Crippen molar-refractivity contribution >= 4 is 15.7 Å². The van der Waals surface area contributed by atoms with Crippen LogP contribution in [0.15, 0.2) is 65.8 Å². The quantitative estimate of drug-likeness (QED) is 0.465. The van der Waals surface area contributed by atoms with Gasteiger partial charge in [0.2, 0.25) is 5.75 Å². The fourth-order valence-electron chi connectivity index (χ4n) is 3.40. The van der Waals surface area contributed by atoms with Gasteiger partial charge in [-0.25, -0.2) is 8.42 Å². The first-order valence-electron chi connectivity index (χ1n) is 10.2. The van der Waals surface area contributed by atoms with Gasteiger partial charge in [-0.3, -0.25) is 9.78 Å². The summed E-state index contributed by atoms with van der Waals surface area (Å²) in [6.07, 6.45) is 3.02. The van der Waals surface area contributed by atoms with Gasteiger partial charge in [0.1, 0.15) is 11.0 Å². The fraction of sp³-hybridized carbons (Fsp3) is 0.250. The van der Waals surface area contributed by atoms with E-state index >= 15 is 0 Å². The van der Waals surface area contributed by atoms with E-state index in [0.717, 1.165) is 0 Å². The summed E-state index contributed by atoms with van der Waals surface area (Å²) in [6, 6.07) is 12.4. The Morgan fingerprint density at radius 3 is 2.09 bits per heavy atom. The minimum Gasteiger partial charge on any atom is -0.497 e. The van der Waals surface area contributed by atoms with Gasteiger partial charge >= 0.3 is 0 Å². The lowest BCUT2D eigenvalue weighted by atomic mass is 10.1. The third kappa shape index (κ3) is 5.23. The van der Waals surface area contributed by atoms with Crippen molar-refractivity contribution < 1.29 is 32.2 Å². The molecule has 0 aliphatic heterocycles. The van der Waals surface area contributed by atoms with E-state index in [4.69, 9.17) is 18.9 Å². The second-order valence-corrected chi connectivity index (χ2v) is 9.25. The van der Waals surface area contributed by atoms with Crippen LogP contribution in [-0.4, -0.2) is 54.3 Å². The summed E-state index contributed by atoms with van der Waals surface area (Å²) in [5.41, 5.74) is 0.671. The number of hydrogen-bond donors (Lipinski definition) is 1. The van der Waals surface area contributed by atoms with Crippen molar-refractivity contribution in [2.45, 2.75) is 10.1 Å². The number of carbonyl (C=O) groups is 1. The van der Waals surface area contributed by atoms with E-state index in [1.54, 1.807) is 30.5 Å². The molecule has 1 heterocycles. The molecule has 0 radical (unpaired) electrons. The fourth-order valence-corrected chi connectivity index (χ4v) is 5.05. The van der Waals surface area contributed by atoms with Crippen molar-refractivity contribution in [2.75, 3.05) is 35.0 Å². The van der Waals surface area contributed by atoms with Gasteiger partial charge in [-0.15, -0.1) is 0 Å². The number of rotatable bonds is 10. The second kappa shape index (κ2) is 10.9. The maximum absolute atomic E-state index is 13.5. The largest absolute Gasteiger partial charge is 0.497 e. The lowest BCUT2D eigenvalue weighted by molar-refractivity contribution is 0.0953. The third-order valence-corrected chi connectivity index (χ3v) is 7.31. The molecule has 0 bridgehead atoms. The van der Waals surface area contributed by atoms with Crippen LogP contribution in [0.5, 0.6) is 23.0 Å². The molecule has 180 valence electrons. The van der Waals surface area contributed by atoms with Crippen LogP contribution in [-0.2, 0) is 9.84 Å². The first kappa shape index (κ1) is 24.8. The number of pyridine rings is 1. The Kier molecular flexibility index (Phi) is 7.95. The van der Waals surface area contributed by atoms with Crippen molar-refractivity contribution in [3.63, 3.8) is 0 Å². The summed E-state index contributed by atoms with van der Waals surface area (Å²) in [5, 5.41) is 1.64. The summed E-state index contributed by atoms with van der Waals surface area (Å²) in [5.74, 6) is 0.992. The number of aromatic nitrogens is 1. The highest BCUT2D eigenvalue weighted by atomic mass is 32.2. The lowest BCUT2D eigenvalue weighted by Gasteiger charge is -2.19. The highest BCUT2D eigenvalue weighted by Crippen LogP contribution is 2.38. The van der Waals surface area contributed by atoms with Gasteiger partial charge in [0.05, 0.1) is 33.3 Å². The van der Waals surface area contributed by atoms with Crippen LogP contribution in [0.1, 0.15) is 21.2 Å². The number of hydrogen-bond acceptors (Lipinski definition) is 8. The second-order valence-electron chi connectivity index (χ2n) is 7.12. The van der Waals surface area contributed by atoms with E-state index in [1.807, 2.05) is 0 Å². The van der Waals surface area contributed by atoms with Crippen LogP contribution in [0.25, 0.3) is 0 Å². The molecule has 0 spiro atoms. The summed E-state index contributed by atoms with van der Waals surface area (Å²) in [6.45, 7) is -0.185. The molecule has 0 unspecified atom stereocenters. The molecular formula is C24H26N2O7S. The van der Waals surface area contributed by atoms with Crippen molar-refractivity contribution in [2.24, 2.45) is 0 Å². The van der Waals surface area contributed by atoms with Gasteiger partial charge in [-0.2, -0.15) is 0 Å². The zero-order chi connectivity index (χ0) is 24.7. The van der Waals surface area contributed by atoms with E-state index in [0.29, 0.717) is 28.6 Å². The molecule has 1 atom stereocenters. The van der Waals surface area contributed by atoms with Gasteiger partial charge in [0.15, 0.2) is 21.3 Å². The topological polar surface area (TPSA) is 113 Å². The molecule has 0 saturated carbocycles. The molecule has 1 amide bonds. The summed E-state index contributed by atoms with van der Waals surface area (Å²) in [4.78, 5) is 17.1. The minimum atomic E-state index is -3.87. The summed E-state index contributed by atoms with van der Waals surface area (Å²) >= 11 is 0. The summed E-state index contributed by atoms with van der Waals surface area (Å²) < 4.78 is 48.0. The Morgan fingerprint density at radius 1 is 0.941 bits per heavy atom. The van der Waals surface area contributed by atoms with Crippen LogP contribution in [0.2, 0.25) is 0 Å². The molecule has 1 aromatic heterocycles. The number of nitrogens with one attached hydrogen (secondary N) is 1. The monoisotopic (exact) mass is 486 g/mol. The molecule has 34 heavy (non-hydrogen) atoms. The maximum Gasteiger partial charge on any atom is 0.251 e. The van der Waals surface area contributed by atoms with Crippen LogP contribution in [0.3, 0.4) is 0 Å². The van der Waals surface area contributed by atoms with E-state index in [-0.39, 0.29) is 17.0 Å². The first-order valence-corrected chi connectivity index (χ1v) is 11.8. The Hall–Kier alpha value is -3.79. The smallest absolute Gasteiger partial charge is 0.251 e. The standard InChI is InChI=1S/C24H26N2O7S/c1-30-18-7-9-19(10-8-18)34(28,29)22(16-6-5-11-25-14-16)15-26-24(27)17-12-20(31-2)23(33-4)21(13-17)32-3/h5-14,22H,15H2,1-4H3,(H,26,27)/t22-/m1/s1. The number of ether oxygens (including phenoxy) is 4. The number of nitrogens with zero attached hydrogens (tertiary/aromatic N) is 1. The van der Waals surface area contributed by atoms with Crippen molar-refractivity contribution in [1.82, 2.24) is 10.3 Å². The zero-order valence-electron chi connectivity index (χ0n) is 19.3. The number of methoxy groups -OCH3 is 4. The lowest BCUT2D eigenvalue weighted by Crippen LogP contribution is -2.32. The average Bonchev–Trinajstić information content (AvgIpc) is 2.88. The van der Waals surface area contributed by atoms with E-state index in [9.17, 15) is 13.2 Å². The van der Waals surface area contributed by atoms with Crippen molar-refractivity contribution in [1.29, 1.82) is 0 Å². The van der Waals surface area contributed by atoms with E-state index in [2.05, 4.69) is 10.3 Å². The first-order chi connectivity index (χ1) is 16.3. The molecule has 0 saturated heterocycles. The molecule has 9 nitrogen and oxygen atoms in total. The zero-order valence-corrected chi connectivity index (χ0v) is 20.1. The minimum absolute atomic E-state index is 0.101. The molecule has 10 heteroatoms. The van der Waals surface area contributed by atoms with Gasteiger partial charge in [-0.05, 0) is 48.0 Å². The molecule has 3 rings (SSSR count). The van der Waals surface area contributed by atoms with Gasteiger partial charge in [-0.1, -0.05) is 6.07 Å². The molecule has 0 fully saturated rings. The SMILES string of the molecule is COc1ccc(S(=O)(=O)[C@H](CNC(=O)c2cc(OC)c(OC)c(OC)c2)c2cccnc2)cc1. The van der Waals surface area contributed by atoms with Crippen molar-refractivity contribution in [3.8, 4) is 23.0 Å². The highest BCUT2D eigenvalue weighted by Gasteiger charge is 2.30. The number of amides is 1. The predicted octanol–water partition coefficient (Wildman–Crippen LogP) is 3.06. The molecule has 0 aliphatic rings. The predicted molar refractivity (Wildman–Crippen MR) is 126 cm³/mol. The average molecular weight is 487 g/mol. The Bertz CT molecular complexity index is 1200. The highest BCUT2D eigenvalue weighted by molar-refractivity contribution is 7.91. The Balaban J connectivity index is 1.92. The Morgan fingerprint density at radius 2 is 1.59 bits per heavy atom. The molecule has 0 aliphatic carbocycles.